The molecule has 2 aromatic carbocycles. The Morgan fingerprint density at radius 3 is 2.67 bits per heavy atom. The number of nitrogens with zero attached hydrogens (tertiary/aromatic N) is 3. The number of carbonyl (C=O) groups excluding carboxylic acids is 2. The molecule has 0 atom stereocenters. The van der Waals surface area contributed by atoms with Crippen LogP contribution < -0.4 is 15.4 Å². The topological polar surface area (TPSA) is 97.6 Å². The predicted molar refractivity (Wildman–Crippen MR) is 116 cm³/mol. The van der Waals surface area contributed by atoms with Crippen LogP contribution in [0.5, 0.6) is 5.75 Å². The van der Waals surface area contributed by atoms with Crippen molar-refractivity contribution in [3.8, 4) is 17.0 Å². The van der Waals surface area contributed by atoms with Gasteiger partial charge >= 0.3 is 0 Å². The van der Waals surface area contributed by atoms with Gasteiger partial charge in [0.1, 0.15) is 5.75 Å². The second kappa shape index (κ2) is 8.34. The lowest BCUT2D eigenvalue weighted by molar-refractivity contribution is -0.114. The Hall–Kier alpha value is -3.72. The van der Waals surface area contributed by atoms with E-state index in [1.807, 2.05) is 36.6 Å². The summed E-state index contributed by atoms with van der Waals surface area (Å²) < 4.78 is 7.12. The van der Waals surface area contributed by atoms with Crippen molar-refractivity contribution in [2.75, 3.05) is 17.2 Å². The molecule has 0 aliphatic rings. The van der Waals surface area contributed by atoms with Gasteiger partial charge in [-0.2, -0.15) is 4.98 Å². The molecule has 0 spiro atoms. The highest BCUT2D eigenvalue weighted by molar-refractivity contribution is 7.15. The first kappa shape index (κ1) is 19.6. The van der Waals surface area contributed by atoms with Gasteiger partial charge in [-0.25, -0.2) is 4.52 Å². The molecule has 2 amide bonds. The number of nitrogens with one attached hydrogen (secondary N) is 2. The van der Waals surface area contributed by atoms with Gasteiger partial charge in [0.15, 0.2) is 0 Å². The Bertz CT molecular complexity index is 1210. The van der Waals surface area contributed by atoms with E-state index < -0.39 is 0 Å². The zero-order valence-corrected chi connectivity index (χ0v) is 17.2. The predicted octanol–water partition coefficient (Wildman–Crippen LogP) is 4.07. The number of fused-ring (bicyclic) bond motifs is 1. The first-order valence-electron chi connectivity index (χ1n) is 9.30. The van der Waals surface area contributed by atoms with Gasteiger partial charge in [0.05, 0.1) is 12.3 Å². The van der Waals surface area contributed by atoms with Gasteiger partial charge in [0, 0.05) is 29.1 Å². The van der Waals surface area contributed by atoms with Gasteiger partial charge in [-0.15, -0.1) is 16.4 Å². The number of amides is 2. The molecule has 4 aromatic rings. The summed E-state index contributed by atoms with van der Waals surface area (Å²) in [6, 6.07) is 14.4. The molecule has 4 rings (SSSR count). The largest absolute Gasteiger partial charge is 0.494 e. The fraction of sp³-hybridized carbons (Fsp3) is 0.143. The smallest absolute Gasteiger partial charge is 0.258 e. The molecule has 30 heavy (non-hydrogen) atoms. The highest BCUT2D eigenvalue weighted by Crippen LogP contribution is 2.27. The number of hydrogen-bond acceptors (Lipinski definition) is 6. The van der Waals surface area contributed by atoms with Gasteiger partial charge in [-0.05, 0) is 37.3 Å². The summed E-state index contributed by atoms with van der Waals surface area (Å²) in [7, 11) is 0. The molecule has 0 unspecified atom stereocenters. The molecule has 0 radical (unpaired) electrons. The molecule has 0 aliphatic carbocycles. The van der Waals surface area contributed by atoms with Crippen molar-refractivity contribution in [1.29, 1.82) is 0 Å². The summed E-state index contributed by atoms with van der Waals surface area (Å²) in [5.41, 5.74) is 2.95. The number of benzene rings is 2. The highest BCUT2D eigenvalue weighted by atomic mass is 32.1. The Labute approximate surface area is 176 Å². The van der Waals surface area contributed by atoms with Crippen LogP contribution in [-0.2, 0) is 4.79 Å². The Balaban J connectivity index is 1.55. The number of rotatable bonds is 6. The lowest BCUT2D eigenvalue weighted by Gasteiger charge is -2.05. The van der Waals surface area contributed by atoms with Crippen molar-refractivity contribution in [3.63, 3.8) is 0 Å². The number of anilines is 2. The quantitative estimate of drug-likeness (QED) is 0.489. The Morgan fingerprint density at radius 1 is 1.13 bits per heavy atom. The van der Waals surface area contributed by atoms with Crippen molar-refractivity contribution in [2.45, 2.75) is 13.8 Å². The second-order valence-electron chi connectivity index (χ2n) is 6.42. The van der Waals surface area contributed by atoms with E-state index in [1.54, 1.807) is 28.8 Å². The monoisotopic (exact) mass is 421 g/mol. The maximum Gasteiger partial charge on any atom is 0.258 e. The molecule has 0 fully saturated rings. The van der Waals surface area contributed by atoms with Crippen molar-refractivity contribution in [1.82, 2.24) is 14.6 Å². The molecule has 152 valence electrons. The second-order valence-corrected chi connectivity index (χ2v) is 7.26. The van der Waals surface area contributed by atoms with Crippen LogP contribution in [0.2, 0.25) is 0 Å². The molecule has 0 saturated carbocycles. The average molecular weight is 421 g/mol. The minimum atomic E-state index is -0.309. The molecule has 2 aromatic heterocycles. The first-order valence-corrected chi connectivity index (χ1v) is 10.2. The summed E-state index contributed by atoms with van der Waals surface area (Å²) >= 11 is 1.42. The van der Waals surface area contributed by atoms with Crippen molar-refractivity contribution < 1.29 is 14.3 Å². The maximum atomic E-state index is 12.6. The van der Waals surface area contributed by atoms with Gasteiger partial charge in [0.25, 0.3) is 11.9 Å². The van der Waals surface area contributed by atoms with Crippen LogP contribution in [0.25, 0.3) is 16.2 Å². The van der Waals surface area contributed by atoms with E-state index >= 15 is 0 Å². The minimum Gasteiger partial charge on any atom is -0.494 e. The van der Waals surface area contributed by atoms with E-state index in [0.717, 1.165) is 16.9 Å². The fourth-order valence-corrected chi connectivity index (χ4v) is 3.76. The average Bonchev–Trinajstić information content (AvgIpc) is 3.29. The number of ether oxygens (including phenoxy) is 1. The van der Waals surface area contributed by atoms with Gasteiger partial charge < -0.3 is 10.1 Å². The van der Waals surface area contributed by atoms with E-state index in [2.05, 4.69) is 20.7 Å². The molecule has 9 heteroatoms. The summed E-state index contributed by atoms with van der Waals surface area (Å²) in [5.74, 6) is 0.429. The Kier molecular flexibility index (Phi) is 5.44. The third-order valence-electron chi connectivity index (χ3n) is 4.22. The molecular formula is C21H19N5O3S. The van der Waals surface area contributed by atoms with Crippen LogP contribution in [0.1, 0.15) is 24.2 Å². The van der Waals surface area contributed by atoms with Gasteiger partial charge in [-0.3, -0.25) is 14.9 Å². The van der Waals surface area contributed by atoms with Gasteiger partial charge in [0.2, 0.25) is 10.9 Å². The number of thiazole rings is 1. The fourth-order valence-electron chi connectivity index (χ4n) is 2.93. The standard InChI is InChI=1S/C21H19N5O3S/c1-3-29-17-6-4-5-15(11-17)19(28)23-20-24-21-26(25-20)18(12-30-21)14-7-9-16(10-8-14)22-13(2)27/h4-12H,3H2,1-2H3,(H,22,27)(H,23,25,28). The van der Waals surface area contributed by atoms with E-state index in [-0.39, 0.29) is 17.8 Å². The van der Waals surface area contributed by atoms with Gasteiger partial charge in [-0.1, -0.05) is 18.2 Å². The van der Waals surface area contributed by atoms with Crippen LogP contribution in [0.4, 0.5) is 11.6 Å². The highest BCUT2D eigenvalue weighted by Gasteiger charge is 2.15. The van der Waals surface area contributed by atoms with Crippen molar-refractivity contribution in [2.24, 2.45) is 0 Å². The summed E-state index contributed by atoms with van der Waals surface area (Å²) in [6.45, 7) is 3.88. The van der Waals surface area contributed by atoms with E-state index in [0.29, 0.717) is 22.9 Å². The lowest BCUT2D eigenvalue weighted by Crippen LogP contribution is -2.13. The molecule has 2 N–H and O–H groups in total. The molecule has 0 saturated heterocycles. The summed E-state index contributed by atoms with van der Waals surface area (Å²) in [6.07, 6.45) is 0. The van der Waals surface area contributed by atoms with Crippen LogP contribution in [0, 0.1) is 0 Å². The van der Waals surface area contributed by atoms with E-state index in [4.69, 9.17) is 4.74 Å². The SMILES string of the molecule is CCOc1cccc(C(=O)Nc2nc3scc(-c4ccc(NC(C)=O)cc4)n3n2)c1. The van der Waals surface area contributed by atoms with E-state index in [9.17, 15) is 9.59 Å². The molecule has 2 heterocycles. The first-order chi connectivity index (χ1) is 14.5. The number of aromatic nitrogens is 3. The van der Waals surface area contributed by atoms with Crippen LogP contribution in [-0.4, -0.2) is 33.0 Å². The zero-order valence-electron chi connectivity index (χ0n) is 16.4. The summed E-state index contributed by atoms with van der Waals surface area (Å²) in [5, 5.41) is 11.8. The normalized spacial score (nSPS) is 10.7. The number of hydrogen-bond donors (Lipinski definition) is 2. The molecule has 0 aliphatic heterocycles. The summed E-state index contributed by atoms with van der Waals surface area (Å²) in [4.78, 5) is 28.8. The zero-order chi connectivity index (χ0) is 21.1. The van der Waals surface area contributed by atoms with Crippen LogP contribution >= 0.6 is 11.3 Å². The lowest BCUT2D eigenvalue weighted by atomic mass is 10.1. The van der Waals surface area contributed by atoms with E-state index in [1.165, 1.54) is 18.3 Å². The van der Waals surface area contributed by atoms with Crippen LogP contribution in [0.3, 0.4) is 0 Å². The molecule has 0 bridgehead atoms. The Morgan fingerprint density at radius 2 is 1.93 bits per heavy atom. The number of carbonyl (C=O) groups is 2. The third kappa shape index (κ3) is 4.15. The van der Waals surface area contributed by atoms with Crippen LogP contribution in [0.15, 0.2) is 53.9 Å². The maximum absolute atomic E-state index is 12.6. The third-order valence-corrected chi connectivity index (χ3v) is 5.03. The van der Waals surface area contributed by atoms with Crippen molar-refractivity contribution in [3.05, 3.63) is 59.5 Å². The minimum absolute atomic E-state index is 0.121. The molecule has 8 nitrogen and oxygen atoms in total. The molecular weight excluding hydrogens is 402 g/mol. The van der Waals surface area contributed by atoms with Crippen molar-refractivity contribution >= 4 is 39.7 Å².